The maximum absolute atomic E-state index is 11.5. The van der Waals surface area contributed by atoms with Gasteiger partial charge in [0.1, 0.15) is 0 Å². The number of hydrogen-bond acceptors (Lipinski definition) is 2. The Balaban J connectivity index is 2.06. The van der Waals surface area contributed by atoms with Crippen LogP contribution in [0.3, 0.4) is 0 Å². The van der Waals surface area contributed by atoms with Crippen LogP contribution in [0.1, 0.15) is 18.0 Å². The lowest BCUT2D eigenvalue weighted by molar-refractivity contribution is -0.138. The van der Waals surface area contributed by atoms with Gasteiger partial charge in [-0.2, -0.15) is 0 Å². The van der Waals surface area contributed by atoms with Crippen molar-refractivity contribution in [3.05, 3.63) is 55.5 Å². The molecule has 0 bridgehead atoms. The molecule has 1 aliphatic heterocycles. The number of carbonyl (C=O) groups is 1. The summed E-state index contributed by atoms with van der Waals surface area (Å²) in [6, 6.07) is 4.12. The van der Waals surface area contributed by atoms with Gasteiger partial charge < -0.3 is 14.2 Å². The molecule has 1 aliphatic rings. The largest absolute Gasteiger partial charge is 0.481 e. The molecule has 0 aromatic carbocycles. The molecule has 1 atom stereocenters. The molecule has 23 heavy (non-hydrogen) atoms. The van der Waals surface area contributed by atoms with E-state index in [4.69, 9.17) is 0 Å². The fourth-order valence-corrected chi connectivity index (χ4v) is 3.99. The smallest absolute Gasteiger partial charge is 0.312 e. The standard InChI is InChI=1S/C18H20N2O2S/c1-3-7-19-8-5-13(12-19)17-16(23-10-4-2)11-15-14(18(21)22)6-9-20(15)17/h3-5,8,11-12,14H,1-2,6-7,9-10H2,(H,21,22). The van der Waals surface area contributed by atoms with Gasteiger partial charge in [-0.15, -0.1) is 24.9 Å². The third-order valence-electron chi connectivity index (χ3n) is 4.11. The maximum Gasteiger partial charge on any atom is 0.312 e. The topological polar surface area (TPSA) is 47.2 Å². The van der Waals surface area contributed by atoms with Crippen LogP contribution in [0.5, 0.6) is 0 Å². The molecule has 5 heteroatoms. The first-order valence-electron chi connectivity index (χ1n) is 7.62. The van der Waals surface area contributed by atoms with Crippen LogP contribution in [-0.2, 0) is 17.9 Å². The highest BCUT2D eigenvalue weighted by atomic mass is 32.2. The van der Waals surface area contributed by atoms with Gasteiger partial charge in [0.25, 0.3) is 0 Å². The van der Waals surface area contributed by atoms with Crippen molar-refractivity contribution < 1.29 is 9.90 Å². The van der Waals surface area contributed by atoms with Gasteiger partial charge in [-0.05, 0) is 18.6 Å². The van der Waals surface area contributed by atoms with Gasteiger partial charge in [0.2, 0.25) is 0 Å². The van der Waals surface area contributed by atoms with Crippen LogP contribution >= 0.6 is 11.8 Å². The van der Waals surface area contributed by atoms with E-state index in [1.807, 2.05) is 24.4 Å². The van der Waals surface area contributed by atoms with E-state index in [1.54, 1.807) is 11.8 Å². The van der Waals surface area contributed by atoms with E-state index in [-0.39, 0.29) is 0 Å². The van der Waals surface area contributed by atoms with Crippen molar-refractivity contribution in [2.45, 2.75) is 30.3 Å². The van der Waals surface area contributed by atoms with Crippen molar-refractivity contribution in [2.75, 3.05) is 5.75 Å². The summed E-state index contributed by atoms with van der Waals surface area (Å²) in [6.07, 6.45) is 8.52. The fraction of sp³-hybridized carbons (Fsp3) is 0.278. The van der Waals surface area contributed by atoms with Crippen molar-refractivity contribution in [2.24, 2.45) is 0 Å². The normalized spacial score (nSPS) is 16.3. The van der Waals surface area contributed by atoms with Crippen molar-refractivity contribution in [1.82, 2.24) is 9.13 Å². The van der Waals surface area contributed by atoms with Crippen LogP contribution in [0, 0.1) is 0 Å². The van der Waals surface area contributed by atoms with Crippen LogP contribution in [0.2, 0.25) is 0 Å². The van der Waals surface area contributed by atoms with Crippen LogP contribution in [-0.4, -0.2) is 26.0 Å². The number of carboxylic acids is 1. The molecule has 0 spiro atoms. The third-order valence-corrected chi connectivity index (χ3v) is 5.14. The number of rotatable bonds is 7. The van der Waals surface area contributed by atoms with Crippen molar-refractivity contribution in [1.29, 1.82) is 0 Å². The lowest BCUT2D eigenvalue weighted by Crippen LogP contribution is -2.07. The summed E-state index contributed by atoms with van der Waals surface area (Å²) >= 11 is 1.70. The minimum Gasteiger partial charge on any atom is -0.481 e. The summed E-state index contributed by atoms with van der Waals surface area (Å²) in [4.78, 5) is 12.6. The zero-order chi connectivity index (χ0) is 16.4. The Kier molecular flexibility index (Phi) is 4.48. The molecule has 3 rings (SSSR count). The molecule has 0 saturated carbocycles. The van der Waals surface area contributed by atoms with E-state index in [0.717, 1.165) is 40.7 Å². The van der Waals surface area contributed by atoms with Gasteiger partial charge in [0, 0.05) is 47.4 Å². The van der Waals surface area contributed by atoms with E-state index in [1.165, 1.54) is 0 Å². The fourth-order valence-electron chi connectivity index (χ4n) is 3.13. The first-order valence-corrected chi connectivity index (χ1v) is 8.61. The number of nitrogens with zero attached hydrogens (tertiary/aromatic N) is 2. The molecule has 0 fully saturated rings. The predicted molar refractivity (Wildman–Crippen MR) is 94.0 cm³/mol. The zero-order valence-electron chi connectivity index (χ0n) is 12.9. The molecule has 4 nitrogen and oxygen atoms in total. The van der Waals surface area contributed by atoms with E-state index in [9.17, 15) is 9.90 Å². The molecule has 0 saturated heterocycles. The zero-order valence-corrected chi connectivity index (χ0v) is 13.8. The number of hydrogen-bond donors (Lipinski definition) is 1. The molecular formula is C18H20N2O2S. The number of aromatic nitrogens is 2. The first kappa shape index (κ1) is 15.7. The Labute approximate surface area is 140 Å². The minimum atomic E-state index is -0.739. The Morgan fingerprint density at radius 3 is 2.96 bits per heavy atom. The highest BCUT2D eigenvalue weighted by Gasteiger charge is 2.32. The lowest BCUT2D eigenvalue weighted by atomic mass is 10.1. The number of thioether (sulfide) groups is 1. The van der Waals surface area contributed by atoms with Gasteiger partial charge >= 0.3 is 5.97 Å². The summed E-state index contributed by atoms with van der Waals surface area (Å²) in [5, 5.41) is 9.43. The van der Waals surface area contributed by atoms with Gasteiger partial charge in [-0.3, -0.25) is 4.79 Å². The van der Waals surface area contributed by atoms with E-state index >= 15 is 0 Å². The van der Waals surface area contributed by atoms with Crippen molar-refractivity contribution >= 4 is 17.7 Å². The Bertz CT molecular complexity index is 757. The predicted octanol–water partition coefficient (Wildman–Crippen LogP) is 3.99. The highest BCUT2D eigenvalue weighted by molar-refractivity contribution is 7.99. The number of allylic oxidation sites excluding steroid dienone is 1. The highest BCUT2D eigenvalue weighted by Crippen LogP contribution is 2.41. The summed E-state index contributed by atoms with van der Waals surface area (Å²) in [5.41, 5.74) is 3.16. The molecule has 0 radical (unpaired) electrons. The quantitative estimate of drug-likeness (QED) is 0.617. The maximum atomic E-state index is 11.5. The number of fused-ring (bicyclic) bond motifs is 1. The first-order chi connectivity index (χ1) is 11.2. The molecule has 2 aromatic heterocycles. The molecular weight excluding hydrogens is 308 g/mol. The van der Waals surface area contributed by atoms with Crippen molar-refractivity contribution in [3.8, 4) is 11.3 Å². The molecule has 0 amide bonds. The van der Waals surface area contributed by atoms with Gasteiger partial charge in [0.15, 0.2) is 0 Å². The van der Waals surface area contributed by atoms with Crippen molar-refractivity contribution in [3.63, 3.8) is 0 Å². The average molecular weight is 328 g/mol. The van der Waals surface area contributed by atoms with Crippen LogP contribution in [0.4, 0.5) is 0 Å². The molecule has 0 aliphatic carbocycles. The molecule has 3 heterocycles. The summed E-state index contributed by atoms with van der Waals surface area (Å²) in [7, 11) is 0. The van der Waals surface area contributed by atoms with E-state index < -0.39 is 11.9 Å². The van der Waals surface area contributed by atoms with E-state index in [2.05, 4.69) is 34.6 Å². The molecule has 120 valence electrons. The van der Waals surface area contributed by atoms with Gasteiger partial charge in [0.05, 0.1) is 11.6 Å². The SMILES string of the molecule is C=CCSc1cc2n(c1-c1ccn(CC=C)c1)CCC2C(=O)O. The minimum absolute atomic E-state index is 0.401. The average Bonchev–Trinajstić information content (AvgIpc) is 3.19. The second kappa shape index (κ2) is 6.54. The van der Waals surface area contributed by atoms with Crippen LogP contribution in [0.25, 0.3) is 11.3 Å². The second-order valence-electron chi connectivity index (χ2n) is 5.60. The molecule has 2 aromatic rings. The Hall–Kier alpha value is -2.14. The van der Waals surface area contributed by atoms with Gasteiger partial charge in [-0.25, -0.2) is 0 Å². The third kappa shape index (κ3) is 2.88. The van der Waals surface area contributed by atoms with Crippen LogP contribution < -0.4 is 0 Å². The lowest BCUT2D eigenvalue weighted by Gasteiger charge is -2.07. The number of aliphatic carboxylic acids is 1. The Morgan fingerprint density at radius 1 is 1.43 bits per heavy atom. The van der Waals surface area contributed by atoms with E-state index in [0.29, 0.717) is 6.42 Å². The molecule has 1 unspecified atom stereocenters. The van der Waals surface area contributed by atoms with Crippen LogP contribution in [0.15, 0.2) is 54.7 Å². The second-order valence-corrected chi connectivity index (χ2v) is 6.66. The number of carboxylic acid groups (broad SMARTS) is 1. The monoisotopic (exact) mass is 328 g/mol. The summed E-state index contributed by atoms with van der Waals surface area (Å²) in [6.45, 7) is 9.06. The summed E-state index contributed by atoms with van der Waals surface area (Å²) < 4.78 is 4.24. The summed E-state index contributed by atoms with van der Waals surface area (Å²) in [5.74, 6) is -0.332. The Morgan fingerprint density at radius 2 is 2.26 bits per heavy atom. The van der Waals surface area contributed by atoms with Gasteiger partial charge in [-0.1, -0.05) is 12.2 Å². The molecule has 1 N–H and O–H groups in total.